The predicted molar refractivity (Wildman–Crippen MR) is 69.4 cm³/mol. The minimum Gasteiger partial charge on any atom is -0.368 e. The van der Waals surface area contributed by atoms with Crippen molar-refractivity contribution in [3.63, 3.8) is 0 Å². The SMILES string of the molecule is CN(C)C(C)(C)CNS(=O)(=O)c1cnc(N)nc1. The molecule has 1 aromatic heterocycles. The lowest BCUT2D eigenvalue weighted by molar-refractivity contribution is 0.199. The Bertz CT molecular complexity index is 496. The summed E-state index contributed by atoms with van der Waals surface area (Å²) in [5.41, 5.74) is 5.02. The van der Waals surface area contributed by atoms with E-state index in [0.29, 0.717) is 0 Å². The number of rotatable bonds is 5. The smallest absolute Gasteiger partial charge is 0.243 e. The molecule has 0 aromatic carbocycles. The van der Waals surface area contributed by atoms with E-state index in [1.165, 1.54) is 12.4 Å². The molecule has 0 radical (unpaired) electrons. The molecule has 0 aliphatic heterocycles. The molecule has 18 heavy (non-hydrogen) atoms. The molecule has 1 aromatic rings. The third-order valence-electron chi connectivity index (χ3n) is 2.86. The fourth-order valence-electron chi connectivity index (χ4n) is 0.978. The molecule has 102 valence electrons. The van der Waals surface area contributed by atoms with E-state index in [9.17, 15) is 8.42 Å². The molecule has 0 saturated carbocycles. The zero-order chi connectivity index (χ0) is 14.0. The summed E-state index contributed by atoms with van der Waals surface area (Å²) in [4.78, 5) is 9.27. The van der Waals surface area contributed by atoms with Gasteiger partial charge in [-0.25, -0.2) is 23.1 Å². The van der Waals surface area contributed by atoms with Crippen LogP contribution in [0.2, 0.25) is 0 Å². The third-order valence-corrected chi connectivity index (χ3v) is 4.22. The van der Waals surface area contributed by atoms with Crippen molar-refractivity contribution in [1.82, 2.24) is 19.6 Å². The zero-order valence-corrected chi connectivity index (χ0v) is 11.8. The Morgan fingerprint density at radius 2 is 1.83 bits per heavy atom. The highest BCUT2D eigenvalue weighted by atomic mass is 32.2. The number of sulfonamides is 1. The van der Waals surface area contributed by atoms with Crippen LogP contribution in [0.15, 0.2) is 17.3 Å². The summed E-state index contributed by atoms with van der Waals surface area (Å²) in [6, 6.07) is 0. The molecule has 8 heteroatoms. The molecule has 7 nitrogen and oxygen atoms in total. The minimum absolute atomic E-state index is 0.00579. The van der Waals surface area contributed by atoms with E-state index in [1.807, 2.05) is 32.8 Å². The Kier molecular flexibility index (Phi) is 4.25. The van der Waals surface area contributed by atoms with Crippen LogP contribution in [0.3, 0.4) is 0 Å². The second-order valence-electron chi connectivity index (χ2n) is 4.81. The molecule has 0 amide bonds. The molecule has 1 heterocycles. The van der Waals surface area contributed by atoms with E-state index >= 15 is 0 Å². The van der Waals surface area contributed by atoms with Gasteiger partial charge >= 0.3 is 0 Å². The van der Waals surface area contributed by atoms with Crippen molar-refractivity contribution in [2.45, 2.75) is 24.3 Å². The van der Waals surface area contributed by atoms with Gasteiger partial charge in [0.2, 0.25) is 16.0 Å². The molecule has 0 aliphatic rings. The molecule has 1 rings (SSSR count). The van der Waals surface area contributed by atoms with Gasteiger partial charge in [0.1, 0.15) is 4.90 Å². The van der Waals surface area contributed by atoms with E-state index in [0.717, 1.165) is 0 Å². The van der Waals surface area contributed by atoms with Gasteiger partial charge in [-0.1, -0.05) is 0 Å². The molecule has 0 bridgehead atoms. The van der Waals surface area contributed by atoms with Gasteiger partial charge in [-0.05, 0) is 27.9 Å². The van der Waals surface area contributed by atoms with Crippen LogP contribution in [0, 0.1) is 0 Å². The fraction of sp³-hybridized carbons (Fsp3) is 0.600. The number of nitrogens with zero attached hydrogens (tertiary/aromatic N) is 3. The molecule has 3 N–H and O–H groups in total. The number of nitrogens with one attached hydrogen (secondary N) is 1. The molecule has 0 atom stereocenters. The average molecular weight is 273 g/mol. The Labute approximate surface area is 107 Å². The van der Waals surface area contributed by atoms with Crippen LogP contribution >= 0.6 is 0 Å². The first kappa shape index (κ1) is 14.8. The van der Waals surface area contributed by atoms with Crippen molar-refractivity contribution in [2.75, 3.05) is 26.4 Å². The second-order valence-corrected chi connectivity index (χ2v) is 6.58. The van der Waals surface area contributed by atoms with Crippen molar-refractivity contribution in [3.05, 3.63) is 12.4 Å². The molecule has 0 aliphatic carbocycles. The molecular weight excluding hydrogens is 254 g/mol. The van der Waals surface area contributed by atoms with Gasteiger partial charge in [0.25, 0.3) is 0 Å². The standard InChI is InChI=1S/C10H19N5O2S/c1-10(2,15(3)4)7-14-18(16,17)8-5-12-9(11)13-6-8/h5-6,14H,7H2,1-4H3,(H2,11,12,13). The van der Waals surface area contributed by atoms with Gasteiger partial charge in [-0.2, -0.15) is 0 Å². The first-order valence-electron chi connectivity index (χ1n) is 5.40. The van der Waals surface area contributed by atoms with E-state index in [1.54, 1.807) is 0 Å². The quantitative estimate of drug-likeness (QED) is 0.762. The van der Waals surface area contributed by atoms with E-state index in [2.05, 4.69) is 14.7 Å². The third kappa shape index (κ3) is 3.62. The zero-order valence-electron chi connectivity index (χ0n) is 11.0. The topological polar surface area (TPSA) is 101 Å². The number of anilines is 1. The summed E-state index contributed by atoms with van der Waals surface area (Å²) in [5, 5.41) is 0. The maximum atomic E-state index is 12.0. The summed E-state index contributed by atoms with van der Waals surface area (Å²) in [7, 11) is 0.178. The van der Waals surface area contributed by atoms with E-state index in [-0.39, 0.29) is 22.9 Å². The summed E-state index contributed by atoms with van der Waals surface area (Å²) < 4.78 is 26.5. The molecule has 0 saturated heterocycles. The number of nitrogens with two attached hydrogens (primary N) is 1. The Morgan fingerprint density at radius 1 is 1.33 bits per heavy atom. The van der Waals surface area contributed by atoms with Gasteiger partial charge in [-0.3, -0.25) is 0 Å². The Balaban J connectivity index is 2.81. The number of likely N-dealkylation sites (N-methyl/N-ethyl adjacent to an activating group) is 1. The van der Waals surface area contributed by atoms with Crippen molar-refractivity contribution in [2.24, 2.45) is 0 Å². The Hall–Kier alpha value is -1.25. The number of aromatic nitrogens is 2. The highest BCUT2D eigenvalue weighted by Crippen LogP contribution is 2.11. The Morgan fingerprint density at radius 3 is 2.28 bits per heavy atom. The maximum absolute atomic E-state index is 12.0. The summed E-state index contributed by atoms with van der Waals surface area (Å²) in [6.45, 7) is 4.16. The maximum Gasteiger partial charge on any atom is 0.243 e. The molecule has 0 fully saturated rings. The monoisotopic (exact) mass is 273 g/mol. The van der Waals surface area contributed by atoms with Crippen LogP contribution < -0.4 is 10.5 Å². The van der Waals surface area contributed by atoms with Crippen molar-refractivity contribution < 1.29 is 8.42 Å². The largest absolute Gasteiger partial charge is 0.368 e. The predicted octanol–water partition coefficient (Wildman–Crippen LogP) is -0.323. The molecular formula is C10H19N5O2S. The highest BCUT2D eigenvalue weighted by molar-refractivity contribution is 7.89. The second kappa shape index (κ2) is 5.17. The lowest BCUT2D eigenvalue weighted by Crippen LogP contribution is -2.48. The van der Waals surface area contributed by atoms with Crippen molar-refractivity contribution in [1.29, 1.82) is 0 Å². The minimum atomic E-state index is -3.60. The number of hydrogen-bond donors (Lipinski definition) is 2. The van der Waals surface area contributed by atoms with Crippen LogP contribution in [0.25, 0.3) is 0 Å². The van der Waals surface area contributed by atoms with Crippen LogP contribution in [-0.2, 0) is 10.0 Å². The van der Waals surface area contributed by atoms with E-state index < -0.39 is 10.0 Å². The molecule has 0 spiro atoms. The summed E-state index contributed by atoms with van der Waals surface area (Å²) >= 11 is 0. The lowest BCUT2D eigenvalue weighted by Gasteiger charge is -2.32. The normalized spacial score (nSPS) is 12.9. The van der Waals surface area contributed by atoms with Crippen LogP contribution in [0.4, 0.5) is 5.95 Å². The van der Waals surface area contributed by atoms with Gasteiger partial charge < -0.3 is 10.6 Å². The average Bonchev–Trinajstić information content (AvgIpc) is 2.27. The number of nitrogen functional groups attached to an aromatic ring is 1. The van der Waals surface area contributed by atoms with Gasteiger partial charge in [0, 0.05) is 12.1 Å². The van der Waals surface area contributed by atoms with Gasteiger partial charge in [0.05, 0.1) is 12.4 Å². The van der Waals surface area contributed by atoms with Crippen LogP contribution in [0.5, 0.6) is 0 Å². The first-order chi connectivity index (χ1) is 8.15. The molecule has 0 unspecified atom stereocenters. The number of hydrogen-bond acceptors (Lipinski definition) is 6. The summed E-state index contributed by atoms with van der Waals surface area (Å²) in [6.07, 6.45) is 2.38. The highest BCUT2D eigenvalue weighted by Gasteiger charge is 2.24. The van der Waals surface area contributed by atoms with E-state index in [4.69, 9.17) is 5.73 Å². The summed E-state index contributed by atoms with van der Waals surface area (Å²) in [5.74, 6) is 0.0440. The van der Waals surface area contributed by atoms with Gasteiger partial charge in [0.15, 0.2) is 0 Å². The van der Waals surface area contributed by atoms with Gasteiger partial charge in [-0.15, -0.1) is 0 Å². The van der Waals surface area contributed by atoms with Crippen LogP contribution in [0.1, 0.15) is 13.8 Å². The lowest BCUT2D eigenvalue weighted by atomic mass is 10.1. The first-order valence-corrected chi connectivity index (χ1v) is 6.88. The van der Waals surface area contributed by atoms with Crippen molar-refractivity contribution >= 4 is 16.0 Å². The van der Waals surface area contributed by atoms with Crippen LogP contribution in [-0.4, -0.2) is 49.5 Å². The van der Waals surface area contributed by atoms with Crippen molar-refractivity contribution in [3.8, 4) is 0 Å². The fourth-order valence-corrected chi connectivity index (χ4v) is 2.07.